The molecule has 1 aromatic carbocycles. The molecule has 0 bridgehead atoms. The van der Waals surface area contributed by atoms with E-state index < -0.39 is 39.9 Å². The zero-order chi connectivity index (χ0) is 22.1. The molecule has 0 aliphatic heterocycles. The predicted molar refractivity (Wildman–Crippen MR) is 102 cm³/mol. The molecule has 1 heterocycles. The van der Waals surface area contributed by atoms with Crippen molar-refractivity contribution in [2.75, 3.05) is 5.32 Å². The van der Waals surface area contributed by atoms with Crippen LogP contribution in [0.5, 0.6) is 5.88 Å². The Bertz CT molecular complexity index is 989. The molecular formula is C18H21F3N4O4S. The SMILES string of the molecule is CC1CCC[C@H](O)[C@@H]1Oc1nc(Nc2ccc(S(N)(=O)=O)cc2)ncc1C(F)(F)F. The number of nitrogens with one attached hydrogen (secondary N) is 1. The molecule has 1 aliphatic carbocycles. The average molecular weight is 446 g/mol. The second-order valence-corrected chi connectivity index (χ2v) is 8.72. The van der Waals surface area contributed by atoms with Crippen LogP contribution >= 0.6 is 0 Å². The maximum atomic E-state index is 13.4. The van der Waals surface area contributed by atoms with Gasteiger partial charge in [-0.1, -0.05) is 13.3 Å². The third-order valence-electron chi connectivity index (χ3n) is 4.85. The van der Waals surface area contributed by atoms with Gasteiger partial charge in [-0.3, -0.25) is 0 Å². The Hall–Kier alpha value is -2.44. The van der Waals surface area contributed by atoms with Gasteiger partial charge in [-0.15, -0.1) is 0 Å². The number of anilines is 2. The molecule has 1 unspecified atom stereocenters. The van der Waals surface area contributed by atoms with Gasteiger partial charge in [0.25, 0.3) is 0 Å². The van der Waals surface area contributed by atoms with E-state index in [-0.39, 0.29) is 16.8 Å². The van der Waals surface area contributed by atoms with Gasteiger partial charge in [-0.25, -0.2) is 18.5 Å². The van der Waals surface area contributed by atoms with Crippen molar-refractivity contribution in [1.29, 1.82) is 0 Å². The van der Waals surface area contributed by atoms with Crippen molar-refractivity contribution < 1.29 is 31.4 Å². The van der Waals surface area contributed by atoms with Crippen LogP contribution in [0.4, 0.5) is 24.8 Å². The van der Waals surface area contributed by atoms with Crippen LogP contribution < -0.4 is 15.2 Å². The minimum atomic E-state index is -4.74. The van der Waals surface area contributed by atoms with Crippen molar-refractivity contribution >= 4 is 21.7 Å². The highest BCUT2D eigenvalue weighted by molar-refractivity contribution is 7.89. The molecule has 1 saturated carbocycles. The zero-order valence-corrected chi connectivity index (χ0v) is 16.7. The van der Waals surface area contributed by atoms with Crippen molar-refractivity contribution in [1.82, 2.24) is 9.97 Å². The number of nitrogens with two attached hydrogens (primary N) is 1. The summed E-state index contributed by atoms with van der Waals surface area (Å²) in [7, 11) is -3.88. The van der Waals surface area contributed by atoms with Crippen LogP contribution in [0.3, 0.4) is 0 Å². The Kier molecular flexibility index (Phi) is 6.20. The molecule has 1 aromatic heterocycles. The van der Waals surface area contributed by atoms with Crippen LogP contribution in [0.25, 0.3) is 0 Å². The molecule has 8 nitrogen and oxygen atoms in total. The van der Waals surface area contributed by atoms with E-state index in [2.05, 4.69) is 15.3 Å². The van der Waals surface area contributed by atoms with Gasteiger partial charge in [0.15, 0.2) is 0 Å². The molecule has 0 saturated heterocycles. The molecule has 0 spiro atoms. The van der Waals surface area contributed by atoms with E-state index >= 15 is 0 Å². The number of aromatic nitrogens is 2. The fourth-order valence-electron chi connectivity index (χ4n) is 3.25. The lowest BCUT2D eigenvalue weighted by molar-refractivity contribution is -0.141. The van der Waals surface area contributed by atoms with Crippen molar-refractivity contribution in [2.24, 2.45) is 11.1 Å². The van der Waals surface area contributed by atoms with Gasteiger partial charge in [0.05, 0.1) is 11.0 Å². The molecule has 12 heteroatoms. The quantitative estimate of drug-likeness (QED) is 0.644. The highest BCUT2D eigenvalue weighted by Crippen LogP contribution is 2.37. The first-order valence-electron chi connectivity index (χ1n) is 9.14. The maximum absolute atomic E-state index is 13.4. The summed E-state index contributed by atoms with van der Waals surface area (Å²) in [5.41, 5.74) is -0.818. The minimum Gasteiger partial charge on any atom is -0.471 e. The summed E-state index contributed by atoms with van der Waals surface area (Å²) in [5, 5.41) is 17.9. The number of benzene rings is 1. The lowest BCUT2D eigenvalue weighted by Crippen LogP contribution is -2.41. The van der Waals surface area contributed by atoms with E-state index in [4.69, 9.17) is 9.88 Å². The van der Waals surface area contributed by atoms with Crippen LogP contribution in [0.1, 0.15) is 31.7 Å². The molecular weight excluding hydrogens is 425 g/mol. The normalized spacial score (nSPS) is 22.5. The summed E-state index contributed by atoms with van der Waals surface area (Å²) in [6, 6.07) is 5.21. The number of hydrogen-bond donors (Lipinski definition) is 3. The molecule has 30 heavy (non-hydrogen) atoms. The molecule has 3 rings (SSSR count). The number of primary sulfonamides is 1. The number of halogens is 3. The zero-order valence-electron chi connectivity index (χ0n) is 15.9. The van der Waals surface area contributed by atoms with E-state index in [1.54, 1.807) is 6.92 Å². The largest absolute Gasteiger partial charge is 0.471 e. The standard InChI is InChI=1S/C18H21F3N4O4S/c1-10-3-2-4-14(26)15(10)29-16-13(18(19,20)21)9-23-17(25-16)24-11-5-7-12(8-6-11)30(22,27)28/h5-10,14-15,26H,2-4H2,1H3,(H2,22,27,28)(H,23,24,25)/t10?,14-,15+/m0/s1. The van der Waals surface area contributed by atoms with Gasteiger partial charge in [0.2, 0.25) is 21.9 Å². The highest BCUT2D eigenvalue weighted by atomic mass is 32.2. The number of nitrogens with zero attached hydrogens (tertiary/aromatic N) is 2. The van der Waals surface area contributed by atoms with Crippen LogP contribution in [0.2, 0.25) is 0 Å². The lowest BCUT2D eigenvalue weighted by atomic mass is 9.86. The second kappa shape index (κ2) is 8.36. The number of hydrogen-bond acceptors (Lipinski definition) is 7. The summed E-state index contributed by atoms with van der Waals surface area (Å²) in [6.07, 6.45) is -3.95. The van der Waals surface area contributed by atoms with Gasteiger partial charge in [0, 0.05) is 11.9 Å². The second-order valence-electron chi connectivity index (χ2n) is 7.16. The van der Waals surface area contributed by atoms with E-state index in [1.165, 1.54) is 24.3 Å². The molecule has 0 amide bonds. The first kappa shape index (κ1) is 22.2. The third-order valence-corrected chi connectivity index (χ3v) is 5.77. The Balaban J connectivity index is 1.89. The highest BCUT2D eigenvalue weighted by Gasteiger charge is 2.39. The molecule has 2 aromatic rings. The molecule has 1 aliphatic rings. The number of aliphatic hydroxyl groups excluding tert-OH is 1. The summed E-state index contributed by atoms with van der Waals surface area (Å²) < 4.78 is 68.3. The van der Waals surface area contributed by atoms with E-state index in [0.29, 0.717) is 18.3 Å². The first-order valence-corrected chi connectivity index (χ1v) is 10.7. The summed E-state index contributed by atoms with van der Waals surface area (Å²) in [6.45, 7) is 1.80. The van der Waals surface area contributed by atoms with Gasteiger partial charge >= 0.3 is 6.18 Å². The Morgan fingerprint density at radius 3 is 2.47 bits per heavy atom. The smallest absolute Gasteiger partial charge is 0.423 e. The number of sulfonamides is 1. The monoisotopic (exact) mass is 446 g/mol. The van der Waals surface area contributed by atoms with E-state index in [1.807, 2.05) is 0 Å². The van der Waals surface area contributed by atoms with Crippen molar-refractivity contribution in [3.8, 4) is 5.88 Å². The molecule has 4 N–H and O–H groups in total. The van der Waals surface area contributed by atoms with Gasteiger partial charge in [0.1, 0.15) is 11.7 Å². The van der Waals surface area contributed by atoms with Crippen molar-refractivity contribution in [2.45, 2.75) is 49.5 Å². The average Bonchev–Trinajstić information content (AvgIpc) is 2.64. The summed E-state index contributed by atoms with van der Waals surface area (Å²) in [4.78, 5) is 7.41. The fraction of sp³-hybridized carbons (Fsp3) is 0.444. The molecule has 164 valence electrons. The van der Waals surface area contributed by atoms with E-state index in [0.717, 1.165) is 12.8 Å². The Morgan fingerprint density at radius 1 is 1.23 bits per heavy atom. The number of alkyl halides is 3. The maximum Gasteiger partial charge on any atom is 0.423 e. The number of rotatable bonds is 5. The Labute approximate surface area is 171 Å². The number of ether oxygens (including phenoxy) is 1. The molecule has 3 atom stereocenters. The van der Waals surface area contributed by atoms with Gasteiger partial charge in [-0.2, -0.15) is 18.2 Å². The molecule has 0 radical (unpaired) electrons. The Morgan fingerprint density at radius 2 is 1.90 bits per heavy atom. The fourth-order valence-corrected chi connectivity index (χ4v) is 3.76. The number of aliphatic hydroxyl groups is 1. The van der Waals surface area contributed by atoms with Crippen molar-refractivity contribution in [3.63, 3.8) is 0 Å². The van der Waals surface area contributed by atoms with Gasteiger partial charge in [-0.05, 0) is 43.0 Å². The predicted octanol–water partition coefficient (Wildman–Crippen LogP) is 2.81. The van der Waals surface area contributed by atoms with Crippen LogP contribution in [0.15, 0.2) is 35.4 Å². The van der Waals surface area contributed by atoms with Crippen LogP contribution in [0, 0.1) is 5.92 Å². The van der Waals surface area contributed by atoms with Gasteiger partial charge < -0.3 is 15.2 Å². The van der Waals surface area contributed by atoms with Crippen LogP contribution in [-0.4, -0.2) is 35.7 Å². The topological polar surface area (TPSA) is 127 Å². The summed E-state index contributed by atoms with van der Waals surface area (Å²) in [5.74, 6) is -1.01. The summed E-state index contributed by atoms with van der Waals surface area (Å²) >= 11 is 0. The van der Waals surface area contributed by atoms with E-state index in [9.17, 15) is 26.7 Å². The first-order chi connectivity index (χ1) is 13.9. The van der Waals surface area contributed by atoms with Crippen molar-refractivity contribution in [3.05, 3.63) is 36.0 Å². The lowest BCUT2D eigenvalue weighted by Gasteiger charge is -2.33. The van der Waals surface area contributed by atoms with Crippen LogP contribution in [-0.2, 0) is 16.2 Å². The minimum absolute atomic E-state index is 0.120. The molecule has 1 fully saturated rings. The third kappa shape index (κ3) is 5.18.